The molecule has 2 heterocycles. The van der Waals surface area contributed by atoms with E-state index in [9.17, 15) is 4.79 Å². The van der Waals surface area contributed by atoms with Gasteiger partial charge in [0.05, 0.1) is 18.2 Å². The SMILES string of the molecule is O=C(NC1COC2(CCCCC2)C1)c1cc2cc(Cl)ccc2[nH]1. The molecule has 4 nitrogen and oxygen atoms in total. The van der Waals surface area contributed by atoms with Crippen LogP contribution in [0.4, 0.5) is 0 Å². The van der Waals surface area contributed by atoms with Gasteiger partial charge in [-0.3, -0.25) is 4.79 Å². The molecular formula is C18H21ClN2O2. The van der Waals surface area contributed by atoms with Crippen molar-refractivity contribution in [3.05, 3.63) is 35.0 Å². The number of fused-ring (bicyclic) bond motifs is 1. The predicted octanol–water partition coefficient (Wildman–Crippen LogP) is 4.04. The van der Waals surface area contributed by atoms with Crippen molar-refractivity contribution in [3.8, 4) is 0 Å². The molecule has 1 unspecified atom stereocenters. The molecule has 1 atom stereocenters. The lowest BCUT2D eigenvalue weighted by atomic mass is 9.82. The van der Waals surface area contributed by atoms with Crippen molar-refractivity contribution < 1.29 is 9.53 Å². The Balaban J connectivity index is 1.45. The number of hydrogen-bond acceptors (Lipinski definition) is 2. The van der Waals surface area contributed by atoms with Gasteiger partial charge in [0.15, 0.2) is 0 Å². The van der Waals surface area contributed by atoms with E-state index in [1.54, 1.807) is 0 Å². The highest BCUT2D eigenvalue weighted by Gasteiger charge is 2.41. The fraction of sp³-hybridized carbons (Fsp3) is 0.500. The molecule has 2 aromatic rings. The Kier molecular flexibility index (Phi) is 3.82. The van der Waals surface area contributed by atoms with Crippen LogP contribution in [-0.4, -0.2) is 29.1 Å². The van der Waals surface area contributed by atoms with Crippen LogP contribution in [0.15, 0.2) is 24.3 Å². The number of hydrogen-bond donors (Lipinski definition) is 2. The van der Waals surface area contributed by atoms with E-state index in [1.165, 1.54) is 19.3 Å². The fourth-order valence-corrected chi connectivity index (χ4v) is 4.15. The molecule has 1 aliphatic carbocycles. The summed E-state index contributed by atoms with van der Waals surface area (Å²) in [7, 11) is 0. The number of aromatic amines is 1. The number of carbonyl (C=O) groups excluding carboxylic acids is 1. The van der Waals surface area contributed by atoms with Crippen LogP contribution >= 0.6 is 11.6 Å². The van der Waals surface area contributed by atoms with Crippen molar-refractivity contribution in [3.63, 3.8) is 0 Å². The largest absolute Gasteiger partial charge is 0.373 e. The third kappa shape index (κ3) is 2.98. The monoisotopic (exact) mass is 332 g/mol. The zero-order valence-electron chi connectivity index (χ0n) is 13.0. The van der Waals surface area contributed by atoms with E-state index in [2.05, 4.69) is 10.3 Å². The van der Waals surface area contributed by atoms with Crippen LogP contribution < -0.4 is 5.32 Å². The number of aromatic nitrogens is 1. The number of H-pyrrole nitrogens is 1. The van der Waals surface area contributed by atoms with Crippen molar-refractivity contribution in [2.24, 2.45) is 0 Å². The minimum Gasteiger partial charge on any atom is -0.373 e. The van der Waals surface area contributed by atoms with Gasteiger partial charge in [-0.05, 0) is 43.5 Å². The topological polar surface area (TPSA) is 54.1 Å². The molecule has 0 radical (unpaired) electrons. The first-order valence-corrected chi connectivity index (χ1v) is 8.75. The molecule has 2 N–H and O–H groups in total. The van der Waals surface area contributed by atoms with Gasteiger partial charge in [0.1, 0.15) is 5.69 Å². The second kappa shape index (κ2) is 5.84. The molecule has 1 aliphatic heterocycles. The molecule has 1 spiro atoms. The Bertz CT molecular complexity index is 734. The van der Waals surface area contributed by atoms with Crippen LogP contribution in [0.1, 0.15) is 49.0 Å². The maximum absolute atomic E-state index is 12.5. The average Bonchev–Trinajstić information content (AvgIpc) is 3.12. The minimum absolute atomic E-state index is 0.0180. The van der Waals surface area contributed by atoms with E-state index in [0.717, 1.165) is 30.2 Å². The molecular weight excluding hydrogens is 312 g/mol. The van der Waals surface area contributed by atoms with Crippen LogP contribution in [0.2, 0.25) is 5.02 Å². The first-order valence-electron chi connectivity index (χ1n) is 8.37. The van der Waals surface area contributed by atoms with Crippen LogP contribution in [0.5, 0.6) is 0 Å². The zero-order chi connectivity index (χ0) is 15.9. The zero-order valence-corrected chi connectivity index (χ0v) is 13.8. The van der Waals surface area contributed by atoms with Gasteiger partial charge < -0.3 is 15.0 Å². The molecule has 0 bridgehead atoms. The summed E-state index contributed by atoms with van der Waals surface area (Å²) in [5, 5.41) is 4.74. The summed E-state index contributed by atoms with van der Waals surface area (Å²) in [6.07, 6.45) is 6.98. The molecule has 5 heteroatoms. The summed E-state index contributed by atoms with van der Waals surface area (Å²) in [4.78, 5) is 15.7. The molecule has 4 rings (SSSR count). The number of benzene rings is 1. The number of rotatable bonds is 2. The van der Waals surface area contributed by atoms with Crippen molar-refractivity contribution in [1.82, 2.24) is 10.3 Å². The second-order valence-electron chi connectivity index (χ2n) is 6.84. The molecule has 23 heavy (non-hydrogen) atoms. The van der Waals surface area contributed by atoms with Crippen LogP contribution in [0, 0.1) is 0 Å². The Morgan fingerprint density at radius 1 is 1.26 bits per heavy atom. The summed E-state index contributed by atoms with van der Waals surface area (Å²) in [5.74, 6) is -0.0706. The quantitative estimate of drug-likeness (QED) is 0.872. The summed E-state index contributed by atoms with van der Waals surface area (Å²) in [6, 6.07) is 7.53. The van der Waals surface area contributed by atoms with Gasteiger partial charge >= 0.3 is 0 Å². The standard InChI is InChI=1S/C18H21ClN2O2/c19-13-4-5-15-12(8-13)9-16(21-15)17(22)20-14-10-18(23-11-14)6-2-1-3-7-18/h4-5,8-9,14,21H,1-3,6-7,10-11H2,(H,20,22). The number of nitrogens with one attached hydrogen (secondary N) is 2. The van der Waals surface area contributed by atoms with E-state index < -0.39 is 0 Å². The number of ether oxygens (including phenoxy) is 1. The lowest BCUT2D eigenvalue weighted by Crippen LogP contribution is -2.37. The van der Waals surface area contributed by atoms with Gasteiger partial charge in [-0.25, -0.2) is 0 Å². The predicted molar refractivity (Wildman–Crippen MR) is 90.9 cm³/mol. The van der Waals surface area contributed by atoms with Gasteiger partial charge in [0.25, 0.3) is 5.91 Å². The molecule has 1 saturated carbocycles. The Morgan fingerprint density at radius 2 is 2.09 bits per heavy atom. The minimum atomic E-state index is -0.0706. The van der Waals surface area contributed by atoms with E-state index in [0.29, 0.717) is 17.3 Å². The van der Waals surface area contributed by atoms with Gasteiger partial charge in [0, 0.05) is 15.9 Å². The van der Waals surface area contributed by atoms with E-state index >= 15 is 0 Å². The number of amides is 1. The highest BCUT2D eigenvalue weighted by molar-refractivity contribution is 6.31. The highest BCUT2D eigenvalue weighted by atomic mass is 35.5. The number of carbonyl (C=O) groups is 1. The maximum atomic E-state index is 12.5. The smallest absolute Gasteiger partial charge is 0.268 e. The normalized spacial score (nSPS) is 23.4. The molecule has 1 saturated heterocycles. The lowest BCUT2D eigenvalue weighted by molar-refractivity contribution is -0.0246. The first-order chi connectivity index (χ1) is 11.1. The summed E-state index contributed by atoms with van der Waals surface area (Å²) < 4.78 is 6.06. The summed E-state index contributed by atoms with van der Waals surface area (Å²) >= 11 is 6.00. The van der Waals surface area contributed by atoms with Gasteiger partial charge in [0.2, 0.25) is 0 Å². The molecule has 1 aromatic carbocycles. The molecule has 122 valence electrons. The average molecular weight is 333 g/mol. The van der Waals surface area contributed by atoms with Crippen molar-refractivity contribution in [1.29, 1.82) is 0 Å². The van der Waals surface area contributed by atoms with Gasteiger partial charge in [-0.15, -0.1) is 0 Å². The van der Waals surface area contributed by atoms with Gasteiger partial charge in [-0.2, -0.15) is 0 Å². The highest BCUT2D eigenvalue weighted by Crippen LogP contribution is 2.39. The molecule has 2 fully saturated rings. The second-order valence-corrected chi connectivity index (χ2v) is 7.28. The van der Waals surface area contributed by atoms with E-state index in [-0.39, 0.29) is 17.6 Å². The third-order valence-corrected chi connectivity index (χ3v) is 5.37. The van der Waals surface area contributed by atoms with Crippen molar-refractivity contribution in [2.45, 2.75) is 50.2 Å². The van der Waals surface area contributed by atoms with Gasteiger partial charge in [-0.1, -0.05) is 30.9 Å². The third-order valence-electron chi connectivity index (χ3n) is 5.14. The molecule has 2 aliphatic rings. The summed E-state index contributed by atoms with van der Waals surface area (Å²) in [5.41, 5.74) is 1.52. The summed E-state index contributed by atoms with van der Waals surface area (Å²) in [6.45, 7) is 0.623. The molecule has 1 amide bonds. The Morgan fingerprint density at radius 3 is 2.91 bits per heavy atom. The fourth-order valence-electron chi connectivity index (χ4n) is 3.97. The number of halogens is 1. The van der Waals surface area contributed by atoms with Crippen molar-refractivity contribution in [2.75, 3.05) is 6.61 Å². The first kappa shape index (κ1) is 15.0. The Labute approximate surface area is 140 Å². The van der Waals surface area contributed by atoms with Crippen LogP contribution in [-0.2, 0) is 4.74 Å². The Hall–Kier alpha value is -1.52. The molecule has 1 aromatic heterocycles. The lowest BCUT2D eigenvalue weighted by Gasteiger charge is -2.32. The van der Waals surface area contributed by atoms with Crippen molar-refractivity contribution >= 4 is 28.4 Å². The van der Waals surface area contributed by atoms with E-state index in [1.807, 2.05) is 24.3 Å². The maximum Gasteiger partial charge on any atom is 0.268 e. The van der Waals surface area contributed by atoms with Crippen LogP contribution in [0.3, 0.4) is 0 Å². The van der Waals surface area contributed by atoms with E-state index in [4.69, 9.17) is 16.3 Å². The van der Waals surface area contributed by atoms with Crippen LogP contribution in [0.25, 0.3) is 10.9 Å².